The van der Waals surface area contributed by atoms with Crippen LogP contribution in [0, 0.1) is 0 Å². The summed E-state index contributed by atoms with van der Waals surface area (Å²) in [4.78, 5) is 28.6. The number of nitrogens with one attached hydrogen (secondary N) is 2. The van der Waals surface area contributed by atoms with Crippen LogP contribution in [0.3, 0.4) is 0 Å². The lowest BCUT2D eigenvalue weighted by molar-refractivity contribution is -0.121. The standard InChI is InChI=1S/C21H21N3O4/c1-27-16-9-11-19(28-2)15(13-16)8-12-20(25)23-24-21(26)18-10-7-14-5-3-4-6-17(14)22-18/h3-7,9-11,13H,8,12H2,1-2H3,(H,23,25)(H,24,26). The summed E-state index contributed by atoms with van der Waals surface area (Å²) in [5, 5.41) is 0.940. The highest BCUT2D eigenvalue weighted by Crippen LogP contribution is 2.25. The first-order valence-corrected chi connectivity index (χ1v) is 8.76. The second kappa shape index (κ2) is 8.85. The molecule has 0 radical (unpaired) electrons. The van der Waals surface area contributed by atoms with Crippen LogP contribution in [0.15, 0.2) is 54.6 Å². The smallest absolute Gasteiger partial charge is 0.288 e. The summed E-state index contributed by atoms with van der Waals surface area (Å²) in [6, 6.07) is 16.3. The van der Waals surface area contributed by atoms with Gasteiger partial charge in [0.15, 0.2) is 0 Å². The van der Waals surface area contributed by atoms with Crippen molar-refractivity contribution in [3.05, 3.63) is 65.9 Å². The van der Waals surface area contributed by atoms with Crippen molar-refractivity contribution in [3.8, 4) is 11.5 Å². The molecule has 2 aromatic carbocycles. The summed E-state index contributed by atoms with van der Waals surface area (Å²) in [6.45, 7) is 0. The summed E-state index contributed by atoms with van der Waals surface area (Å²) < 4.78 is 10.5. The Kier molecular flexibility index (Phi) is 6.06. The largest absolute Gasteiger partial charge is 0.497 e. The molecule has 0 spiro atoms. The number of ether oxygens (including phenoxy) is 2. The van der Waals surface area contributed by atoms with Crippen molar-refractivity contribution in [2.24, 2.45) is 0 Å². The number of methoxy groups -OCH3 is 2. The molecule has 0 unspecified atom stereocenters. The van der Waals surface area contributed by atoms with Gasteiger partial charge in [-0.25, -0.2) is 4.98 Å². The lowest BCUT2D eigenvalue weighted by Crippen LogP contribution is -2.42. The van der Waals surface area contributed by atoms with Gasteiger partial charge in [-0.15, -0.1) is 0 Å². The average Bonchev–Trinajstić information content (AvgIpc) is 2.75. The first-order chi connectivity index (χ1) is 13.6. The highest BCUT2D eigenvalue weighted by atomic mass is 16.5. The Bertz CT molecular complexity index is 1000. The summed E-state index contributed by atoms with van der Waals surface area (Å²) in [5.41, 5.74) is 6.60. The molecule has 0 atom stereocenters. The highest BCUT2D eigenvalue weighted by molar-refractivity contribution is 5.95. The third-order valence-electron chi connectivity index (χ3n) is 4.26. The van der Waals surface area contributed by atoms with Gasteiger partial charge in [-0.2, -0.15) is 0 Å². The topological polar surface area (TPSA) is 89.5 Å². The number of aromatic nitrogens is 1. The van der Waals surface area contributed by atoms with E-state index in [1.165, 1.54) is 0 Å². The van der Waals surface area contributed by atoms with Crippen LogP contribution >= 0.6 is 0 Å². The van der Waals surface area contributed by atoms with Gasteiger partial charge < -0.3 is 9.47 Å². The van der Waals surface area contributed by atoms with Crippen LogP contribution in [-0.4, -0.2) is 31.0 Å². The molecule has 3 rings (SSSR count). The van der Waals surface area contributed by atoms with Crippen LogP contribution in [0.5, 0.6) is 11.5 Å². The van der Waals surface area contributed by atoms with Gasteiger partial charge in [0.25, 0.3) is 5.91 Å². The van der Waals surface area contributed by atoms with Crippen molar-refractivity contribution >= 4 is 22.7 Å². The monoisotopic (exact) mass is 379 g/mol. The number of rotatable bonds is 6. The van der Waals surface area contributed by atoms with E-state index in [0.29, 0.717) is 23.4 Å². The Morgan fingerprint density at radius 2 is 1.79 bits per heavy atom. The first-order valence-electron chi connectivity index (χ1n) is 8.76. The Labute approximate surface area is 162 Å². The fraction of sp³-hybridized carbons (Fsp3) is 0.190. The second-order valence-electron chi connectivity index (χ2n) is 6.07. The maximum Gasteiger partial charge on any atom is 0.288 e. The number of aryl methyl sites for hydroxylation is 1. The van der Waals surface area contributed by atoms with Gasteiger partial charge in [0.1, 0.15) is 17.2 Å². The number of hydrogen-bond acceptors (Lipinski definition) is 5. The van der Waals surface area contributed by atoms with Crippen molar-refractivity contribution in [3.63, 3.8) is 0 Å². The predicted molar refractivity (Wildman–Crippen MR) is 105 cm³/mol. The molecule has 0 aliphatic heterocycles. The minimum atomic E-state index is -0.474. The quantitative estimate of drug-likeness (QED) is 0.643. The number of benzene rings is 2. The fourth-order valence-corrected chi connectivity index (χ4v) is 2.77. The number of para-hydroxylation sites is 1. The molecular weight excluding hydrogens is 358 g/mol. The Hall–Kier alpha value is -3.61. The summed E-state index contributed by atoms with van der Waals surface area (Å²) >= 11 is 0. The molecule has 1 aromatic heterocycles. The maximum atomic E-state index is 12.2. The van der Waals surface area contributed by atoms with Gasteiger partial charge in [0, 0.05) is 11.8 Å². The number of pyridine rings is 1. The first kappa shape index (κ1) is 19.2. The van der Waals surface area contributed by atoms with E-state index in [-0.39, 0.29) is 18.0 Å². The van der Waals surface area contributed by atoms with Gasteiger partial charge in [-0.3, -0.25) is 20.4 Å². The maximum absolute atomic E-state index is 12.2. The van der Waals surface area contributed by atoms with Gasteiger partial charge in [-0.1, -0.05) is 24.3 Å². The second-order valence-corrected chi connectivity index (χ2v) is 6.07. The molecular formula is C21H21N3O4. The Morgan fingerprint density at radius 3 is 2.57 bits per heavy atom. The molecule has 7 heteroatoms. The summed E-state index contributed by atoms with van der Waals surface area (Å²) in [5.74, 6) is 0.571. The minimum Gasteiger partial charge on any atom is -0.497 e. The molecule has 0 bridgehead atoms. The molecule has 28 heavy (non-hydrogen) atoms. The van der Waals surface area contributed by atoms with E-state index in [4.69, 9.17) is 9.47 Å². The molecule has 7 nitrogen and oxygen atoms in total. The van der Waals surface area contributed by atoms with Crippen LogP contribution < -0.4 is 20.3 Å². The molecule has 1 heterocycles. The average molecular weight is 379 g/mol. The van der Waals surface area contributed by atoms with Gasteiger partial charge in [0.05, 0.1) is 19.7 Å². The van der Waals surface area contributed by atoms with Gasteiger partial charge >= 0.3 is 0 Å². The minimum absolute atomic E-state index is 0.176. The van der Waals surface area contributed by atoms with E-state index in [1.54, 1.807) is 32.4 Å². The SMILES string of the molecule is COc1ccc(OC)c(CCC(=O)NNC(=O)c2ccc3ccccc3n2)c1. The zero-order valence-electron chi connectivity index (χ0n) is 15.7. The van der Waals surface area contributed by atoms with Crippen LogP contribution in [-0.2, 0) is 11.2 Å². The van der Waals surface area contributed by atoms with Crippen LogP contribution in [0.2, 0.25) is 0 Å². The molecule has 0 fully saturated rings. The van der Waals surface area contributed by atoms with Gasteiger partial charge in [-0.05, 0) is 42.3 Å². The van der Waals surface area contributed by atoms with Crippen LogP contribution in [0.1, 0.15) is 22.5 Å². The Balaban J connectivity index is 1.56. The molecule has 3 aromatic rings. The number of nitrogens with zero attached hydrogens (tertiary/aromatic N) is 1. The molecule has 0 aliphatic carbocycles. The zero-order chi connectivity index (χ0) is 19.9. The van der Waals surface area contributed by atoms with E-state index in [1.807, 2.05) is 36.4 Å². The van der Waals surface area contributed by atoms with Crippen molar-refractivity contribution in [2.45, 2.75) is 12.8 Å². The van der Waals surface area contributed by atoms with E-state index in [0.717, 1.165) is 10.9 Å². The van der Waals surface area contributed by atoms with E-state index < -0.39 is 5.91 Å². The number of hydrogen-bond donors (Lipinski definition) is 2. The van der Waals surface area contributed by atoms with E-state index in [2.05, 4.69) is 15.8 Å². The Morgan fingerprint density at radius 1 is 0.964 bits per heavy atom. The normalized spacial score (nSPS) is 10.4. The number of carbonyl (C=O) groups excluding carboxylic acids is 2. The van der Waals surface area contributed by atoms with Crippen LogP contribution in [0.4, 0.5) is 0 Å². The van der Waals surface area contributed by atoms with Crippen molar-refractivity contribution < 1.29 is 19.1 Å². The predicted octanol–water partition coefficient (Wildman–Crippen LogP) is 2.65. The number of amides is 2. The number of hydrazine groups is 1. The molecule has 2 N–H and O–H groups in total. The summed E-state index contributed by atoms with van der Waals surface area (Å²) in [6.07, 6.45) is 0.616. The summed E-state index contributed by atoms with van der Waals surface area (Å²) in [7, 11) is 3.15. The van der Waals surface area contributed by atoms with Crippen molar-refractivity contribution in [1.29, 1.82) is 0 Å². The molecule has 2 amide bonds. The molecule has 0 saturated carbocycles. The number of carbonyl (C=O) groups is 2. The molecule has 0 saturated heterocycles. The lowest BCUT2D eigenvalue weighted by atomic mass is 10.1. The van der Waals surface area contributed by atoms with Crippen LogP contribution in [0.25, 0.3) is 10.9 Å². The third-order valence-corrected chi connectivity index (χ3v) is 4.26. The molecule has 0 aliphatic rings. The van der Waals surface area contributed by atoms with Crippen molar-refractivity contribution in [2.75, 3.05) is 14.2 Å². The van der Waals surface area contributed by atoms with Gasteiger partial charge in [0.2, 0.25) is 5.91 Å². The third kappa shape index (κ3) is 4.56. The lowest BCUT2D eigenvalue weighted by Gasteiger charge is -2.11. The number of fused-ring (bicyclic) bond motifs is 1. The van der Waals surface area contributed by atoms with E-state index >= 15 is 0 Å². The molecule has 144 valence electrons. The zero-order valence-corrected chi connectivity index (χ0v) is 15.7. The fourth-order valence-electron chi connectivity index (χ4n) is 2.77. The van der Waals surface area contributed by atoms with E-state index in [9.17, 15) is 9.59 Å². The highest BCUT2D eigenvalue weighted by Gasteiger charge is 2.11. The van der Waals surface area contributed by atoms with Crippen molar-refractivity contribution in [1.82, 2.24) is 15.8 Å².